The van der Waals surface area contributed by atoms with Gasteiger partial charge in [0.25, 0.3) is 0 Å². The standard InChI is InChI=1S/C19H38N2/c1-6-17-12-20-16(11-14(2)3)13-21(17)19-10-8-7-9-18(19)15(4)5/h14-20H,6-13H2,1-5H3. The molecule has 0 aromatic heterocycles. The van der Waals surface area contributed by atoms with Crippen molar-refractivity contribution in [1.82, 2.24) is 10.2 Å². The maximum atomic E-state index is 3.82. The van der Waals surface area contributed by atoms with E-state index < -0.39 is 0 Å². The zero-order chi connectivity index (χ0) is 15.4. The largest absolute Gasteiger partial charge is 0.311 e. The lowest BCUT2D eigenvalue weighted by Crippen LogP contribution is -2.61. The Balaban J connectivity index is 2.07. The van der Waals surface area contributed by atoms with Crippen LogP contribution in [0.5, 0.6) is 0 Å². The van der Waals surface area contributed by atoms with Gasteiger partial charge in [-0.25, -0.2) is 0 Å². The molecule has 0 spiro atoms. The zero-order valence-electron chi connectivity index (χ0n) is 15.1. The molecule has 4 unspecified atom stereocenters. The monoisotopic (exact) mass is 294 g/mol. The van der Waals surface area contributed by atoms with Gasteiger partial charge in [-0.05, 0) is 43.4 Å². The van der Waals surface area contributed by atoms with Gasteiger partial charge >= 0.3 is 0 Å². The molecule has 2 rings (SSSR count). The summed E-state index contributed by atoms with van der Waals surface area (Å²) in [7, 11) is 0. The summed E-state index contributed by atoms with van der Waals surface area (Å²) in [6.07, 6.45) is 8.42. The Labute approximate surface area is 133 Å². The number of hydrogen-bond donors (Lipinski definition) is 1. The van der Waals surface area contributed by atoms with Gasteiger partial charge in [0.1, 0.15) is 0 Å². The quantitative estimate of drug-likeness (QED) is 0.813. The summed E-state index contributed by atoms with van der Waals surface area (Å²) < 4.78 is 0. The number of hydrogen-bond acceptors (Lipinski definition) is 2. The Morgan fingerprint density at radius 3 is 2.43 bits per heavy atom. The first-order chi connectivity index (χ1) is 10.0. The normalized spacial score (nSPS) is 35.6. The first-order valence-electron chi connectivity index (χ1n) is 9.52. The van der Waals surface area contributed by atoms with Crippen molar-refractivity contribution in [2.45, 2.75) is 91.3 Å². The van der Waals surface area contributed by atoms with Crippen molar-refractivity contribution in [2.75, 3.05) is 13.1 Å². The molecule has 0 aromatic carbocycles. The van der Waals surface area contributed by atoms with Crippen molar-refractivity contribution >= 4 is 0 Å². The highest BCUT2D eigenvalue weighted by molar-refractivity contribution is 4.94. The molecule has 124 valence electrons. The molecule has 2 heteroatoms. The predicted molar refractivity (Wildman–Crippen MR) is 92.6 cm³/mol. The van der Waals surface area contributed by atoms with E-state index in [2.05, 4.69) is 44.8 Å². The highest BCUT2D eigenvalue weighted by atomic mass is 15.3. The van der Waals surface area contributed by atoms with Gasteiger partial charge in [-0.1, -0.05) is 47.5 Å². The highest BCUT2D eigenvalue weighted by Gasteiger charge is 2.37. The van der Waals surface area contributed by atoms with Gasteiger partial charge in [-0.15, -0.1) is 0 Å². The lowest BCUT2D eigenvalue weighted by atomic mass is 9.76. The molecule has 0 radical (unpaired) electrons. The average Bonchev–Trinajstić information content (AvgIpc) is 2.46. The lowest BCUT2D eigenvalue weighted by Gasteiger charge is -2.49. The topological polar surface area (TPSA) is 15.3 Å². The fraction of sp³-hybridized carbons (Fsp3) is 1.00. The van der Waals surface area contributed by atoms with Gasteiger partial charge in [0, 0.05) is 31.2 Å². The Bertz CT molecular complexity index is 300. The maximum absolute atomic E-state index is 3.82. The van der Waals surface area contributed by atoms with Crippen LogP contribution in [-0.2, 0) is 0 Å². The maximum Gasteiger partial charge on any atom is 0.0221 e. The molecule has 2 fully saturated rings. The summed E-state index contributed by atoms with van der Waals surface area (Å²) in [5, 5.41) is 3.82. The third-order valence-electron chi connectivity index (χ3n) is 5.83. The molecule has 2 nitrogen and oxygen atoms in total. The molecule has 1 aliphatic heterocycles. The molecule has 1 N–H and O–H groups in total. The Morgan fingerprint density at radius 1 is 1.10 bits per heavy atom. The van der Waals surface area contributed by atoms with Crippen LogP contribution in [0.15, 0.2) is 0 Å². The minimum absolute atomic E-state index is 0.711. The SMILES string of the molecule is CCC1CNC(CC(C)C)CN1C1CCCCC1C(C)C. The average molecular weight is 295 g/mol. The van der Waals surface area contributed by atoms with Crippen LogP contribution in [-0.4, -0.2) is 36.1 Å². The molecular formula is C19H38N2. The minimum Gasteiger partial charge on any atom is -0.311 e. The molecule has 1 saturated heterocycles. The summed E-state index contributed by atoms with van der Waals surface area (Å²) in [6, 6.07) is 2.32. The number of nitrogens with zero attached hydrogens (tertiary/aromatic N) is 1. The van der Waals surface area contributed by atoms with Gasteiger partial charge < -0.3 is 5.32 Å². The summed E-state index contributed by atoms with van der Waals surface area (Å²) in [4.78, 5) is 2.92. The second-order valence-corrected chi connectivity index (χ2v) is 8.25. The Kier molecular flexibility index (Phi) is 6.55. The van der Waals surface area contributed by atoms with Gasteiger partial charge in [0.15, 0.2) is 0 Å². The molecule has 0 bridgehead atoms. The van der Waals surface area contributed by atoms with E-state index >= 15 is 0 Å². The molecule has 2 aliphatic rings. The van der Waals surface area contributed by atoms with Crippen molar-refractivity contribution in [3.05, 3.63) is 0 Å². The first-order valence-corrected chi connectivity index (χ1v) is 9.52. The first kappa shape index (κ1) is 17.3. The van der Waals surface area contributed by atoms with Crippen LogP contribution in [0.4, 0.5) is 0 Å². The highest BCUT2D eigenvalue weighted by Crippen LogP contribution is 2.35. The van der Waals surface area contributed by atoms with Crippen LogP contribution in [0.1, 0.15) is 73.1 Å². The van der Waals surface area contributed by atoms with Crippen LogP contribution in [0.25, 0.3) is 0 Å². The van der Waals surface area contributed by atoms with Crippen LogP contribution in [0, 0.1) is 17.8 Å². The van der Waals surface area contributed by atoms with Crippen molar-refractivity contribution in [3.8, 4) is 0 Å². The van der Waals surface area contributed by atoms with Crippen LogP contribution in [0.2, 0.25) is 0 Å². The molecule has 1 saturated carbocycles. The lowest BCUT2D eigenvalue weighted by molar-refractivity contribution is 0.0121. The summed E-state index contributed by atoms with van der Waals surface area (Å²) in [5.41, 5.74) is 0. The van der Waals surface area contributed by atoms with Gasteiger partial charge in [-0.2, -0.15) is 0 Å². The van der Waals surface area contributed by atoms with E-state index in [0.29, 0.717) is 6.04 Å². The smallest absolute Gasteiger partial charge is 0.0221 e. The van der Waals surface area contributed by atoms with E-state index in [1.165, 1.54) is 51.6 Å². The number of rotatable bonds is 5. The third kappa shape index (κ3) is 4.45. The minimum atomic E-state index is 0.711. The second-order valence-electron chi connectivity index (χ2n) is 8.25. The Morgan fingerprint density at radius 2 is 1.81 bits per heavy atom. The fourth-order valence-corrected chi connectivity index (χ4v) is 4.73. The second kappa shape index (κ2) is 7.97. The molecule has 1 aliphatic carbocycles. The van der Waals surface area contributed by atoms with Crippen molar-refractivity contribution < 1.29 is 0 Å². The molecule has 21 heavy (non-hydrogen) atoms. The van der Waals surface area contributed by atoms with Crippen LogP contribution in [0.3, 0.4) is 0 Å². The Hall–Kier alpha value is -0.0800. The molecule has 4 atom stereocenters. The number of piperazine rings is 1. The van der Waals surface area contributed by atoms with Gasteiger partial charge in [-0.3, -0.25) is 4.90 Å². The molecule has 0 amide bonds. The molecular weight excluding hydrogens is 256 g/mol. The van der Waals surface area contributed by atoms with Crippen molar-refractivity contribution in [1.29, 1.82) is 0 Å². The summed E-state index contributed by atoms with van der Waals surface area (Å²) in [5.74, 6) is 2.56. The van der Waals surface area contributed by atoms with Crippen molar-refractivity contribution in [3.63, 3.8) is 0 Å². The van der Waals surface area contributed by atoms with E-state index in [1.54, 1.807) is 0 Å². The van der Waals surface area contributed by atoms with E-state index in [4.69, 9.17) is 0 Å². The van der Waals surface area contributed by atoms with E-state index in [9.17, 15) is 0 Å². The zero-order valence-corrected chi connectivity index (χ0v) is 15.1. The predicted octanol–water partition coefficient (Wildman–Crippen LogP) is 4.30. The van der Waals surface area contributed by atoms with Crippen LogP contribution < -0.4 is 5.32 Å². The number of nitrogens with one attached hydrogen (secondary N) is 1. The van der Waals surface area contributed by atoms with Gasteiger partial charge in [0.2, 0.25) is 0 Å². The molecule has 1 heterocycles. The fourth-order valence-electron chi connectivity index (χ4n) is 4.73. The van der Waals surface area contributed by atoms with Crippen LogP contribution >= 0.6 is 0 Å². The summed E-state index contributed by atoms with van der Waals surface area (Å²) >= 11 is 0. The molecule has 0 aromatic rings. The van der Waals surface area contributed by atoms with E-state index in [-0.39, 0.29) is 0 Å². The third-order valence-corrected chi connectivity index (χ3v) is 5.83. The van der Waals surface area contributed by atoms with Crippen molar-refractivity contribution in [2.24, 2.45) is 17.8 Å². The van der Waals surface area contributed by atoms with Gasteiger partial charge in [0.05, 0.1) is 0 Å². The summed E-state index contributed by atoms with van der Waals surface area (Å²) in [6.45, 7) is 14.5. The van der Waals surface area contributed by atoms with E-state index in [0.717, 1.165) is 29.8 Å². The van der Waals surface area contributed by atoms with E-state index in [1.807, 2.05) is 0 Å².